The molecule has 0 saturated carbocycles. The lowest BCUT2D eigenvalue weighted by molar-refractivity contribution is -0.161. The van der Waals surface area contributed by atoms with E-state index in [1.54, 1.807) is 0 Å². The average molecular weight is 1170 g/mol. The molecule has 83 heavy (non-hydrogen) atoms. The lowest BCUT2D eigenvalue weighted by atomic mass is 10.0. The van der Waals surface area contributed by atoms with Crippen LogP contribution in [-0.4, -0.2) is 49.3 Å². The molecule has 0 aliphatic heterocycles. The molecule has 2 unspecified atom stereocenters. The first kappa shape index (κ1) is 79.2. The van der Waals surface area contributed by atoms with Gasteiger partial charge in [-0.2, -0.15) is 0 Å². The second-order valence-electron chi connectivity index (χ2n) is 22.0. The standard InChI is InChI=1S/C73H124NO8P/c1-3-5-7-9-11-13-15-17-19-21-23-25-27-28-29-30-31-32-33-34-35-36-37-38-39-40-41-42-44-46-48-50-52-54-56-58-60-62-64-66-73(76)82-71(70-81-83(77,78)80-68-67-74)69-79-72(75)65-63-61-59-57-55-53-51-49-47-45-43-26-24-22-20-18-16-14-12-10-8-6-4-2/h5,7,11,13,17,19,22-25,28-29,31-32,34-35,37-38,40-41,44,46,71H,3-4,6,8-10,12,14-16,18,20-21,26-27,30,33,36,39,42-43,45,47-70,74H2,1-2H3,(H,77,78)/b7-5-,13-11-,19-17-,24-22-,25-23-,29-28-,32-31-,35-34-,38-37-,41-40-,46-44-. The van der Waals surface area contributed by atoms with E-state index < -0.39 is 26.5 Å². The van der Waals surface area contributed by atoms with Crippen LogP contribution in [0.15, 0.2) is 134 Å². The molecule has 474 valence electrons. The van der Waals surface area contributed by atoms with E-state index in [0.717, 1.165) is 109 Å². The quantitative estimate of drug-likeness (QED) is 0.0264. The molecular weight excluding hydrogens is 1050 g/mol. The second kappa shape index (κ2) is 67.3. The number of allylic oxidation sites excluding steroid dienone is 22. The molecule has 0 aliphatic carbocycles. The Morgan fingerprint density at radius 2 is 0.663 bits per heavy atom. The van der Waals surface area contributed by atoms with E-state index in [1.807, 2.05) is 0 Å². The number of hydrogen-bond acceptors (Lipinski definition) is 8. The van der Waals surface area contributed by atoms with Crippen molar-refractivity contribution in [3.8, 4) is 0 Å². The number of nitrogens with two attached hydrogens (primary N) is 1. The molecule has 0 aromatic rings. The van der Waals surface area contributed by atoms with Gasteiger partial charge in [0.1, 0.15) is 6.61 Å². The summed E-state index contributed by atoms with van der Waals surface area (Å²) < 4.78 is 33.1. The van der Waals surface area contributed by atoms with E-state index in [1.165, 1.54) is 141 Å². The first-order valence-corrected chi connectivity index (χ1v) is 35.2. The lowest BCUT2D eigenvalue weighted by Gasteiger charge is -2.19. The molecule has 0 aromatic carbocycles. The molecule has 9 nitrogen and oxygen atoms in total. The summed E-state index contributed by atoms with van der Waals surface area (Å²) in [5.74, 6) is -0.839. The van der Waals surface area contributed by atoms with Gasteiger partial charge in [-0.15, -0.1) is 0 Å². The molecule has 0 amide bonds. The topological polar surface area (TPSA) is 134 Å². The maximum absolute atomic E-state index is 12.8. The molecule has 0 rings (SSSR count). The molecule has 0 fully saturated rings. The number of ether oxygens (including phenoxy) is 2. The minimum atomic E-state index is -4.40. The SMILES string of the molecule is CC/C=C\C/C=C\C/C=C\C/C=C\C/C=C\C/C=C\C/C=C\C/C=C\C/C=C\C/C=C\CCCCCCCCCCC(=O)OC(COC(=O)CCCCCCCCCCCCC/C=C\CCCCCCCCCC)COP(=O)(O)OCCN. The van der Waals surface area contributed by atoms with Crippen molar-refractivity contribution in [2.45, 2.75) is 290 Å². The molecule has 0 saturated heterocycles. The number of unbranched alkanes of at least 4 members (excludes halogenated alkanes) is 27. The van der Waals surface area contributed by atoms with Crippen molar-refractivity contribution in [1.82, 2.24) is 0 Å². The zero-order valence-corrected chi connectivity index (χ0v) is 54.0. The third-order valence-electron chi connectivity index (χ3n) is 14.0. The van der Waals surface area contributed by atoms with Gasteiger partial charge in [-0.3, -0.25) is 18.6 Å². The Kier molecular flexibility index (Phi) is 64.2. The number of hydrogen-bond donors (Lipinski definition) is 2. The largest absolute Gasteiger partial charge is 0.472 e. The summed E-state index contributed by atoms with van der Waals surface area (Å²) >= 11 is 0. The molecule has 0 bridgehead atoms. The van der Waals surface area contributed by atoms with Gasteiger partial charge in [0.2, 0.25) is 0 Å². The van der Waals surface area contributed by atoms with Gasteiger partial charge in [-0.05, 0) is 116 Å². The van der Waals surface area contributed by atoms with Crippen LogP contribution in [0.1, 0.15) is 284 Å². The highest BCUT2D eigenvalue weighted by molar-refractivity contribution is 7.47. The van der Waals surface area contributed by atoms with E-state index >= 15 is 0 Å². The third-order valence-corrected chi connectivity index (χ3v) is 15.0. The van der Waals surface area contributed by atoms with Crippen LogP contribution in [0, 0.1) is 0 Å². The highest BCUT2D eigenvalue weighted by atomic mass is 31.2. The summed E-state index contributed by atoms with van der Waals surface area (Å²) in [5, 5.41) is 0. The molecule has 10 heteroatoms. The predicted octanol–water partition coefficient (Wildman–Crippen LogP) is 22.1. The smallest absolute Gasteiger partial charge is 0.462 e. The first-order chi connectivity index (χ1) is 40.8. The van der Waals surface area contributed by atoms with Crippen molar-refractivity contribution in [2.24, 2.45) is 5.73 Å². The summed E-state index contributed by atoms with van der Waals surface area (Å²) in [6, 6.07) is 0. The van der Waals surface area contributed by atoms with Crippen LogP contribution in [0.25, 0.3) is 0 Å². The highest BCUT2D eigenvalue weighted by Crippen LogP contribution is 2.43. The Balaban J connectivity index is 3.98. The van der Waals surface area contributed by atoms with Crippen LogP contribution in [0.2, 0.25) is 0 Å². The summed E-state index contributed by atoms with van der Waals surface area (Å²) in [5.41, 5.74) is 5.39. The van der Waals surface area contributed by atoms with Gasteiger partial charge in [-0.1, -0.05) is 289 Å². The summed E-state index contributed by atoms with van der Waals surface area (Å²) in [6.45, 7) is 3.63. The Morgan fingerprint density at radius 1 is 0.373 bits per heavy atom. The molecule has 3 N–H and O–H groups in total. The van der Waals surface area contributed by atoms with Gasteiger partial charge in [0.05, 0.1) is 13.2 Å². The van der Waals surface area contributed by atoms with Crippen LogP contribution in [0.5, 0.6) is 0 Å². The number of phosphoric ester groups is 1. The highest BCUT2D eigenvalue weighted by Gasteiger charge is 2.26. The van der Waals surface area contributed by atoms with Crippen LogP contribution in [0.3, 0.4) is 0 Å². The van der Waals surface area contributed by atoms with Gasteiger partial charge in [-0.25, -0.2) is 4.57 Å². The normalized spacial score (nSPS) is 13.8. The molecule has 0 spiro atoms. The number of rotatable bonds is 62. The zero-order valence-electron chi connectivity index (χ0n) is 53.1. The van der Waals surface area contributed by atoms with Gasteiger partial charge < -0.3 is 20.1 Å². The lowest BCUT2D eigenvalue weighted by Crippen LogP contribution is -2.29. The van der Waals surface area contributed by atoms with E-state index in [9.17, 15) is 19.0 Å². The van der Waals surface area contributed by atoms with E-state index in [-0.39, 0.29) is 38.6 Å². The maximum Gasteiger partial charge on any atom is 0.472 e. The molecule has 0 heterocycles. The fourth-order valence-electron chi connectivity index (χ4n) is 9.07. The van der Waals surface area contributed by atoms with Crippen molar-refractivity contribution in [2.75, 3.05) is 26.4 Å². The first-order valence-electron chi connectivity index (χ1n) is 33.7. The van der Waals surface area contributed by atoms with Crippen molar-refractivity contribution in [3.63, 3.8) is 0 Å². The molecule has 0 radical (unpaired) electrons. The fraction of sp³-hybridized carbons (Fsp3) is 0.671. The molecule has 0 aliphatic rings. The van der Waals surface area contributed by atoms with Crippen LogP contribution in [-0.2, 0) is 32.7 Å². The fourth-order valence-corrected chi connectivity index (χ4v) is 9.84. The minimum absolute atomic E-state index is 0.0465. The maximum atomic E-state index is 12.8. The second-order valence-corrected chi connectivity index (χ2v) is 23.4. The van der Waals surface area contributed by atoms with E-state index in [4.69, 9.17) is 24.3 Å². The van der Waals surface area contributed by atoms with Crippen LogP contribution in [0.4, 0.5) is 0 Å². The monoisotopic (exact) mass is 1170 g/mol. The Morgan fingerprint density at radius 3 is 1.00 bits per heavy atom. The van der Waals surface area contributed by atoms with Gasteiger partial charge in [0.15, 0.2) is 6.10 Å². The van der Waals surface area contributed by atoms with E-state index in [2.05, 4.69) is 148 Å². The van der Waals surface area contributed by atoms with Crippen LogP contribution < -0.4 is 5.73 Å². The van der Waals surface area contributed by atoms with Crippen molar-refractivity contribution < 1.29 is 37.6 Å². The van der Waals surface area contributed by atoms with Gasteiger partial charge in [0.25, 0.3) is 0 Å². The Labute approximate surface area is 510 Å². The summed E-state index contributed by atoms with van der Waals surface area (Å²) in [6.07, 6.45) is 95.3. The average Bonchev–Trinajstić information content (AvgIpc) is 3.48. The van der Waals surface area contributed by atoms with Gasteiger partial charge >= 0.3 is 19.8 Å². The predicted molar refractivity (Wildman–Crippen MR) is 357 cm³/mol. The molecule has 2 atom stereocenters. The Hall–Kier alpha value is -3.85. The number of phosphoric acid groups is 1. The van der Waals surface area contributed by atoms with Crippen molar-refractivity contribution in [1.29, 1.82) is 0 Å². The molecular formula is C73H124NO8P. The minimum Gasteiger partial charge on any atom is -0.462 e. The van der Waals surface area contributed by atoms with Gasteiger partial charge in [0, 0.05) is 19.4 Å². The summed E-state index contributed by atoms with van der Waals surface area (Å²) in [7, 11) is -4.40. The molecule has 0 aromatic heterocycles. The zero-order chi connectivity index (χ0) is 60.1. The Bertz CT molecular complexity index is 1820. The number of esters is 2. The number of carbonyl (C=O) groups is 2. The number of carbonyl (C=O) groups excluding carboxylic acids is 2. The third kappa shape index (κ3) is 67.2. The van der Waals surface area contributed by atoms with Crippen molar-refractivity contribution >= 4 is 19.8 Å². The van der Waals surface area contributed by atoms with Crippen LogP contribution >= 0.6 is 7.82 Å². The van der Waals surface area contributed by atoms with Crippen molar-refractivity contribution in [3.05, 3.63) is 134 Å². The van der Waals surface area contributed by atoms with E-state index in [0.29, 0.717) is 6.42 Å². The summed E-state index contributed by atoms with van der Waals surface area (Å²) in [4.78, 5) is 35.3.